The number of hydrogen-bond donors (Lipinski definition) is 2. The molecule has 0 heterocycles. The predicted molar refractivity (Wildman–Crippen MR) is 76.2 cm³/mol. The van der Waals surface area contributed by atoms with E-state index in [0.717, 1.165) is 5.69 Å². The van der Waals surface area contributed by atoms with E-state index in [2.05, 4.69) is 11.4 Å². The number of hydrogen-bond acceptors (Lipinski definition) is 4. The van der Waals surface area contributed by atoms with Crippen LogP contribution in [0.25, 0.3) is 0 Å². The highest BCUT2D eigenvalue weighted by Gasteiger charge is 2.12. The lowest BCUT2D eigenvalue weighted by atomic mass is 10.1. The number of primary sulfonamides is 1. The first-order valence-corrected chi connectivity index (χ1v) is 7.39. The van der Waals surface area contributed by atoms with Gasteiger partial charge in [0.2, 0.25) is 10.0 Å². The summed E-state index contributed by atoms with van der Waals surface area (Å²) in [5, 5.41) is 17.3. The van der Waals surface area contributed by atoms with Crippen molar-refractivity contribution in [1.29, 1.82) is 5.26 Å². The van der Waals surface area contributed by atoms with Gasteiger partial charge in [0.05, 0.1) is 11.0 Å². The van der Waals surface area contributed by atoms with E-state index in [9.17, 15) is 13.7 Å². The molecular weight excluding hydrogens is 274 g/mol. The zero-order valence-electron chi connectivity index (χ0n) is 10.5. The van der Waals surface area contributed by atoms with E-state index in [1.54, 1.807) is 12.1 Å². The standard InChI is InChI=1S/C14H13N3O2S/c15-10-14(17-12-4-2-1-3-5-12)11-6-8-13(9-7-11)20(16,18)19/h1-9,14,17H,(H2,16,18,19). The van der Waals surface area contributed by atoms with Crippen LogP contribution in [-0.4, -0.2) is 8.42 Å². The fourth-order valence-electron chi connectivity index (χ4n) is 1.74. The Labute approximate surface area is 117 Å². The van der Waals surface area contributed by atoms with Crippen LogP contribution in [0.4, 0.5) is 5.69 Å². The summed E-state index contributed by atoms with van der Waals surface area (Å²) in [6.45, 7) is 0. The molecule has 0 saturated heterocycles. The van der Waals surface area contributed by atoms with Crippen LogP contribution in [0.2, 0.25) is 0 Å². The number of nitrogens with zero attached hydrogens (tertiary/aromatic N) is 1. The van der Waals surface area contributed by atoms with Crippen LogP contribution < -0.4 is 10.5 Å². The molecule has 0 aromatic heterocycles. The van der Waals surface area contributed by atoms with Crippen molar-refractivity contribution in [1.82, 2.24) is 0 Å². The molecule has 0 aliphatic rings. The molecule has 0 radical (unpaired) electrons. The molecule has 5 nitrogen and oxygen atoms in total. The summed E-state index contributed by atoms with van der Waals surface area (Å²) in [5.41, 5.74) is 1.48. The molecule has 0 saturated carbocycles. The average Bonchev–Trinajstić information content (AvgIpc) is 2.45. The molecule has 2 aromatic rings. The number of nitriles is 1. The maximum absolute atomic E-state index is 11.2. The summed E-state index contributed by atoms with van der Waals surface area (Å²) in [6.07, 6.45) is 0. The molecule has 3 N–H and O–H groups in total. The maximum atomic E-state index is 11.2. The van der Waals surface area contributed by atoms with Crippen LogP contribution in [-0.2, 0) is 10.0 Å². The van der Waals surface area contributed by atoms with Crippen molar-refractivity contribution in [3.63, 3.8) is 0 Å². The third kappa shape index (κ3) is 3.35. The Morgan fingerprint density at radius 2 is 1.65 bits per heavy atom. The highest BCUT2D eigenvalue weighted by Crippen LogP contribution is 2.20. The number of nitrogens with two attached hydrogens (primary N) is 1. The second-order valence-electron chi connectivity index (χ2n) is 4.19. The summed E-state index contributed by atoms with van der Waals surface area (Å²) < 4.78 is 22.3. The van der Waals surface area contributed by atoms with Crippen LogP contribution in [0.1, 0.15) is 11.6 Å². The van der Waals surface area contributed by atoms with E-state index in [1.165, 1.54) is 12.1 Å². The lowest BCUT2D eigenvalue weighted by molar-refractivity contribution is 0.598. The largest absolute Gasteiger partial charge is 0.366 e. The molecule has 0 aliphatic carbocycles. The van der Waals surface area contributed by atoms with Gasteiger partial charge in [-0.1, -0.05) is 30.3 Å². The number of para-hydroxylation sites is 1. The van der Waals surface area contributed by atoms with E-state index < -0.39 is 16.1 Å². The minimum atomic E-state index is -3.71. The maximum Gasteiger partial charge on any atom is 0.238 e. The van der Waals surface area contributed by atoms with Crippen LogP contribution in [0.15, 0.2) is 59.5 Å². The van der Waals surface area contributed by atoms with Gasteiger partial charge in [-0.3, -0.25) is 0 Å². The van der Waals surface area contributed by atoms with Gasteiger partial charge in [0.15, 0.2) is 0 Å². The summed E-state index contributed by atoms with van der Waals surface area (Å²) in [6, 6.07) is 16.8. The Morgan fingerprint density at radius 1 is 1.05 bits per heavy atom. The van der Waals surface area contributed by atoms with Gasteiger partial charge in [-0.15, -0.1) is 0 Å². The molecule has 0 bridgehead atoms. The number of nitrogens with one attached hydrogen (secondary N) is 1. The van der Waals surface area contributed by atoms with E-state index in [1.807, 2.05) is 30.3 Å². The lowest BCUT2D eigenvalue weighted by Crippen LogP contribution is -2.13. The average molecular weight is 287 g/mol. The molecule has 6 heteroatoms. The number of sulfonamides is 1. The first kappa shape index (κ1) is 14.1. The Hall–Kier alpha value is -2.36. The van der Waals surface area contributed by atoms with E-state index >= 15 is 0 Å². The van der Waals surface area contributed by atoms with Crippen LogP contribution in [0, 0.1) is 11.3 Å². The van der Waals surface area contributed by atoms with Gasteiger partial charge in [0.1, 0.15) is 6.04 Å². The fourth-order valence-corrected chi connectivity index (χ4v) is 2.26. The van der Waals surface area contributed by atoms with E-state index in [-0.39, 0.29) is 4.90 Å². The van der Waals surface area contributed by atoms with Crippen LogP contribution in [0.3, 0.4) is 0 Å². The van der Waals surface area contributed by atoms with E-state index in [4.69, 9.17) is 5.14 Å². The van der Waals surface area contributed by atoms with Crippen molar-refractivity contribution >= 4 is 15.7 Å². The molecule has 0 spiro atoms. The van der Waals surface area contributed by atoms with E-state index in [0.29, 0.717) is 5.56 Å². The Balaban J connectivity index is 2.23. The van der Waals surface area contributed by atoms with Gasteiger partial charge >= 0.3 is 0 Å². The second kappa shape index (κ2) is 5.74. The molecule has 1 atom stereocenters. The van der Waals surface area contributed by atoms with Crippen molar-refractivity contribution in [2.45, 2.75) is 10.9 Å². The molecular formula is C14H13N3O2S. The zero-order valence-corrected chi connectivity index (χ0v) is 11.3. The highest BCUT2D eigenvalue weighted by molar-refractivity contribution is 7.89. The molecule has 0 fully saturated rings. The minimum Gasteiger partial charge on any atom is -0.366 e. The van der Waals surface area contributed by atoms with Crippen LogP contribution in [0.5, 0.6) is 0 Å². The third-order valence-corrected chi connectivity index (χ3v) is 3.69. The summed E-state index contributed by atoms with van der Waals surface area (Å²) in [5.74, 6) is 0. The van der Waals surface area contributed by atoms with Crippen molar-refractivity contribution in [2.75, 3.05) is 5.32 Å². The molecule has 0 amide bonds. The Kier molecular flexibility index (Phi) is 4.03. The number of rotatable bonds is 4. The van der Waals surface area contributed by atoms with Gasteiger partial charge in [0.25, 0.3) is 0 Å². The molecule has 2 rings (SSSR count). The SMILES string of the molecule is N#CC(Nc1ccccc1)c1ccc(S(N)(=O)=O)cc1. The van der Waals surface area contributed by atoms with Gasteiger partial charge in [-0.05, 0) is 29.8 Å². The van der Waals surface area contributed by atoms with Crippen molar-refractivity contribution in [3.05, 3.63) is 60.2 Å². The molecule has 2 aromatic carbocycles. The molecule has 20 heavy (non-hydrogen) atoms. The third-order valence-electron chi connectivity index (χ3n) is 2.76. The predicted octanol–water partition coefficient (Wildman–Crippen LogP) is 2.01. The Bertz CT molecular complexity index is 719. The first-order chi connectivity index (χ1) is 9.50. The zero-order chi connectivity index (χ0) is 14.6. The molecule has 0 aliphatic heterocycles. The van der Waals surface area contributed by atoms with Crippen LogP contribution >= 0.6 is 0 Å². The van der Waals surface area contributed by atoms with Gasteiger partial charge in [-0.25, -0.2) is 13.6 Å². The number of anilines is 1. The minimum absolute atomic E-state index is 0.0256. The van der Waals surface area contributed by atoms with Crippen molar-refractivity contribution in [2.24, 2.45) is 5.14 Å². The topological polar surface area (TPSA) is 96.0 Å². The summed E-state index contributed by atoms with van der Waals surface area (Å²) in [4.78, 5) is 0.0256. The smallest absolute Gasteiger partial charge is 0.238 e. The number of benzene rings is 2. The lowest BCUT2D eigenvalue weighted by Gasteiger charge is -2.13. The van der Waals surface area contributed by atoms with Gasteiger partial charge < -0.3 is 5.32 Å². The summed E-state index contributed by atoms with van der Waals surface area (Å²) >= 11 is 0. The van der Waals surface area contributed by atoms with Crippen molar-refractivity contribution in [3.8, 4) is 6.07 Å². The molecule has 1 unspecified atom stereocenters. The van der Waals surface area contributed by atoms with Crippen molar-refractivity contribution < 1.29 is 8.42 Å². The second-order valence-corrected chi connectivity index (χ2v) is 5.75. The monoisotopic (exact) mass is 287 g/mol. The summed E-state index contributed by atoms with van der Waals surface area (Å²) in [7, 11) is -3.71. The fraction of sp³-hybridized carbons (Fsp3) is 0.0714. The highest BCUT2D eigenvalue weighted by atomic mass is 32.2. The Morgan fingerprint density at radius 3 is 2.15 bits per heavy atom. The molecule has 102 valence electrons. The normalized spacial score (nSPS) is 12.4. The van der Waals surface area contributed by atoms with Gasteiger partial charge in [0, 0.05) is 5.69 Å². The quantitative estimate of drug-likeness (QED) is 0.899. The van der Waals surface area contributed by atoms with Gasteiger partial charge in [-0.2, -0.15) is 5.26 Å². The first-order valence-electron chi connectivity index (χ1n) is 5.84.